The van der Waals surface area contributed by atoms with Gasteiger partial charge in [-0.25, -0.2) is 0 Å². The first-order valence-corrected chi connectivity index (χ1v) is 7.51. The molecule has 0 aromatic heterocycles. The van der Waals surface area contributed by atoms with Gasteiger partial charge in [-0.3, -0.25) is 4.79 Å². The van der Waals surface area contributed by atoms with Crippen molar-refractivity contribution in [1.82, 2.24) is 0 Å². The molecule has 0 unspecified atom stereocenters. The Kier molecular flexibility index (Phi) is 5.95. The Bertz CT molecular complexity index is 560. The third kappa shape index (κ3) is 4.06. The third-order valence-electron chi connectivity index (χ3n) is 4.16. The van der Waals surface area contributed by atoms with Crippen LogP contribution in [0.5, 0.6) is 0 Å². The highest BCUT2D eigenvalue weighted by Gasteiger charge is 2.37. The summed E-state index contributed by atoms with van der Waals surface area (Å²) in [5, 5.41) is 19.5. The number of hydrogen-bond acceptors (Lipinski definition) is 3. The van der Waals surface area contributed by atoms with Gasteiger partial charge in [0.25, 0.3) is 0 Å². The normalized spacial score (nSPS) is 14.3. The van der Waals surface area contributed by atoms with E-state index >= 15 is 0 Å². The number of rotatable bonds is 6. The van der Waals surface area contributed by atoms with E-state index in [2.05, 4.69) is 0 Å². The highest BCUT2D eigenvalue weighted by atomic mass is 35.5. The molecule has 3 nitrogen and oxygen atoms in total. The molecule has 0 fully saturated rings. The van der Waals surface area contributed by atoms with Crippen LogP contribution in [-0.4, -0.2) is 17.0 Å². The predicted molar refractivity (Wildman–Crippen MR) is 84.1 cm³/mol. The maximum atomic E-state index is 12.5. The minimum absolute atomic E-state index is 0.0314. The van der Waals surface area contributed by atoms with E-state index in [1.165, 1.54) is 0 Å². The van der Waals surface area contributed by atoms with Crippen LogP contribution < -0.4 is 0 Å². The highest BCUT2D eigenvalue weighted by Crippen LogP contribution is 2.30. The molecule has 0 aliphatic rings. The summed E-state index contributed by atoms with van der Waals surface area (Å²) in [6.07, 6.45) is 0.343. The molecule has 0 radical (unpaired) electrons. The largest absolute Gasteiger partial charge is 0.392 e. The zero-order chi connectivity index (χ0) is 16.2. The van der Waals surface area contributed by atoms with Crippen LogP contribution in [0, 0.1) is 22.7 Å². The number of carbonyl (C=O) groups is 1. The summed E-state index contributed by atoms with van der Waals surface area (Å²) in [6.45, 7) is 7.49. The Balaban J connectivity index is 2.90. The monoisotopic (exact) mass is 307 g/mol. The third-order valence-corrected chi connectivity index (χ3v) is 4.47. The lowest BCUT2D eigenvalue weighted by Gasteiger charge is -2.33. The van der Waals surface area contributed by atoms with Gasteiger partial charge in [-0.1, -0.05) is 51.8 Å². The number of carbonyl (C=O) groups excluding carboxylic acids is 1. The van der Waals surface area contributed by atoms with Gasteiger partial charge in [-0.05, 0) is 23.6 Å². The van der Waals surface area contributed by atoms with Crippen LogP contribution in [0.25, 0.3) is 0 Å². The van der Waals surface area contributed by atoms with Gasteiger partial charge in [0.15, 0.2) is 0 Å². The molecule has 1 aromatic rings. The van der Waals surface area contributed by atoms with Crippen molar-refractivity contribution in [3.8, 4) is 6.07 Å². The highest BCUT2D eigenvalue weighted by molar-refractivity contribution is 6.31. The van der Waals surface area contributed by atoms with Crippen molar-refractivity contribution in [2.75, 3.05) is 0 Å². The molecule has 0 bridgehead atoms. The summed E-state index contributed by atoms with van der Waals surface area (Å²) in [5.41, 5.74) is 0.343. The van der Waals surface area contributed by atoms with Crippen LogP contribution in [0.4, 0.5) is 0 Å². The average molecular weight is 308 g/mol. The fourth-order valence-corrected chi connectivity index (χ4v) is 2.52. The number of ketones is 1. The Morgan fingerprint density at radius 3 is 2.57 bits per heavy atom. The molecular weight excluding hydrogens is 286 g/mol. The van der Waals surface area contributed by atoms with Crippen molar-refractivity contribution in [3.05, 3.63) is 34.3 Å². The SMILES string of the molecule is CC[C@H](C)[C@@H](O)C(C)(C)C(=O)Cc1ccc(C#N)c(Cl)c1. The first kappa shape index (κ1) is 17.7. The molecule has 1 N–H and O–H groups in total. The van der Waals surface area contributed by atoms with Crippen LogP contribution in [0.2, 0.25) is 5.02 Å². The lowest BCUT2D eigenvalue weighted by Crippen LogP contribution is -2.41. The summed E-state index contributed by atoms with van der Waals surface area (Å²) >= 11 is 5.98. The number of nitrogens with zero attached hydrogens (tertiary/aromatic N) is 1. The summed E-state index contributed by atoms with van der Waals surface area (Å²) < 4.78 is 0. The van der Waals surface area contributed by atoms with Crippen molar-refractivity contribution >= 4 is 17.4 Å². The molecule has 0 spiro atoms. The fraction of sp³-hybridized carbons (Fsp3) is 0.529. The van der Waals surface area contributed by atoms with Gasteiger partial charge in [0.05, 0.1) is 16.7 Å². The van der Waals surface area contributed by atoms with E-state index in [4.69, 9.17) is 16.9 Å². The quantitative estimate of drug-likeness (QED) is 0.870. The van der Waals surface area contributed by atoms with Gasteiger partial charge in [0, 0.05) is 11.8 Å². The van der Waals surface area contributed by atoms with Crippen molar-refractivity contribution in [1.29, 1.82) is 5.26 Å². The Morgan fingerprint density at radius 1 is 1.48 bits per heavy atom. The number of halogens is 1. The Hall–Kier alpha value is -1.37. The lowest BCUT2D eigenvalue weighted by molar-refractivity contribution is -0.134. The van der Waals surface area contributed by atoms with Crippen LogP contribution >= 0.6 is 11.6 Å². The molecule has 4 heteroatoms. The first-order chi connectivity index (χ1) is 9.73. The maximum Gasteiger partial charge on any atom is 0.145 e. The number of aliphatic hydroxyl groups excluding tert-OH is 1. The Labute approximate surface area is 131 Å². The minimum Gasteiger partial charge on any atom is -0.392 e. The van der Waals surface area contributed by atoms with Crippen LogP contribution in [-0.2, 0) is 11.2 Å². The van der Waals surface area contributed by atoms with E-state index < -0.39 is 11.5 Å². The van der Waals surface area contributed by atoms with Gasteiger partial charge in [0.1, 0.15) is 11.9 Å². The number of hydrogen-bond donors (Lipinski definition) is 1. The molecule has 1 aromatic carbocycles. The van der Waals surface area contributed by atoms with Crippen molar-refractivity contribution in [2.24, 2.45) is 11.3 Å². The van der Waals surface area contributed by atoms with Gasteiger partial charge in [-0.15, -0.1) is 0 Å². The van der Waals surface area contributed by atoms with Gasteiger partial charge < -0.3 is 5.11 Å². The van der Waals surface area contributed by atoms with E-state index in [-0.39, 0.29) is 18.1 Å². The van der Waals surface area contributed by atoms with E-state index in [1.807, 2.05) is 19.9 Å². The maximum absolute atomic E-state index is 12.5. The second-order valence-electron chi connectivity index (χ2n) is 6.08. The molecule has 1 rings (SSSR count). The summed E-state index contributed by atoms with van der Waals surface area (Å²) in [5.74, 6) is 0.0320. The zero-order valence-corrected chi connectivity index (χ0v) is 13.7. The molecular formula is C17H22ClNO2. The average Bonchev–Trinajstić information content (AvgIpc) is 2.45. The minimum atomic E-state index is -0.810. The molecule has 0 aliphatic carbocycles. The van der Waals surface area contributed by atoms with Crippen molar-refractivity contribution in [3.63, 3.8) is 0 Å². The van der Waals surface area contributed by atoms with E-state index in [9.17, 15) is 9.90 Å². The lowest BCUT2D eigenvalue weighted by atomic mass is 9.74. The summed E-state index contributed by atoms with van der Waals surface area (Å²) in [6, 6.07) is 6.98. The zero-order valence-electron chi connectivity index (χ0n) is 13.0. The predicted octanol–water partition coefficient (Wildman–Crippen LogP) is 3.76. The molecule has 2 atom stereocenters. The van der Waals surface area contributed by atoms with E-state index in [0.717, 1.165) is 12.0 Å². The molecule has 0 saturated heterocycles. The van der Waals surface area contributed by atoms with Gasteiger partial charge >= 0.3 is 0 Å². The molecule has 0 saturated carbocycles. The Morgan fingerprint density at radius 2 is 2.10 bits per heavy atom. The summed E-state index contributed by atoms with van der Waals surface area (Å²) in [4.78, 5) is 12.5. The number of benzene rings is 1. The number of nitriles is 1. The van der Waals surface area contributed by atoms with Gasteiger partial charge in [0.2, 0.25) is 0 Å². The molecule has 0 amide bonds. The van der Waals surface area contributed by atoms with E-state index in [0.29, 0.717) is 10.6 Å². The van der Waals surface area contributed by atoms with Crippen LogP contribution in [0.3, 0.4) is 0 Å². The first-order valence-electron chi connectivity index (χ1n) is 7.13. The number of Topliss-reactive ketones (excluding diaryl/α,β-unsaturated/α-hetero) is 1. The molecule has 0 heterocycles. The molecule has 21 heavy (non-hydrogen) atoms. The van der Waals surface area contributed by atoms with Crippen LogP contribution in [0.15, 0.2) is 18.2 Å². The second kappa shape index (κ2) is 7.06. The molecule has 114 valence electrons. The second-order valence-corrected chi connectivity index (χ2v) is 6.49. The summed E-state index contributed by atoms with van der Waals surface area (Å²) in [7, 11) is 0. The van der Waals surface area contributed by atoms with Gasteiger partial charge in [-0.2, -0.15) is 5.26 Å². The molecule has 0 aliphatic heterocycles. The van der Waals surface area contributed by atoms with Crippen molar-refractivity contribution < 1.29 is 9.90 Å². The fourth-order valence-electron chi connectivity index (χ4n) is 2.27. The number of aliphatic hydroxyl groups is 1. The van der Waals surface area contributed by atoms with Crippen molar-refractivity contribution in [2.45, 2.75) is 46.6 Å². The topological polar surface area (TPSA) is 61.1 Å². The van der Waals surface area contributed by atoms with E-state index in [1.54, 1.807) is 32.0 Å². The van der Waals surface area contributed by atoms with Crippen LogP contribution in [0.1, 0.15) is 45.2 Å². The smallest absolute Gasteiger partial charge is 0.145 e. The standard InChI is InChI=1S/C17H22ClNO2/c1-5-11(2)16(21)17(3,4)15(20)9-12-6-7-13(10-19)14(18)8-12/h6-8,11,16,21H,5,9H2,1-4H3/t11-,16+/m0/s1.